The second-order valence-electron chi connectivity index (χ2n) is 3.91. The molecule has 0 aliphatic carbocycles. The Labute approximate surface area is 89.9 Å². The minimum absolute atomic E-state index is 0.240. The molecule has 0 unspecified atom stereocenters. The number of hydrogen-bond acceptors (Lipinski definition) is 2. The number of aromatic nitrogens is 2. The van der Waals surface area contributed by atoms with Gasteiger partial charge in [0.2, 0.25) is 0 Å². The van der Waals surface area contributed by atoms with Gasteiger partial charge in [0.1, 0.15) is 0 Å². The van der Waals surface area contributed by atoms with Gasteiger partial charge in [-0.3, -0.25) is 9.89 Å². The Hall–Kier alpha value is -1.64. The van der Waals surface area contributed by atoms with Crippen molar-refractivity contribution in [2.75, 3.05) is 0 Å². The van der Waals surface area contributed by atoms with Gasteiger partial charge in [0, 0.05) is 11.6 Å². The van der Waals surface area contributed by atoms with E-state index in [-0.39, 0.29) is 5.41 Å². The third kappa shape index (κ3) is 2.65. The highest BCUT2D eigenvalue weighted by molar-refractivity contribution is 5.76. The Morgan fingerprint density at radius 1 is 1.40 bits per heavy atom. The highest BCUT2D eigenvalue weighted by atomic mass is 16.1. The molecule has 1 aromatic heterocycles. The van der Waals surface area contributed by atoms with Gasteiger partial charge in [-0.25, -0.2) is 0 Å². The minimum Gasteiger partial charge on any atom is -0.298 e. The number of aromatic amines is 1. The van der Waals surface area contributed by atoms with Gasteiger partial charge in [-0.15, -0.1) is 0 Å². The van der Waals surface area contributed by atoms with Crippen molar-refractivity contribution in [1.29, 1.82) is 0 Å². The summed E-state index contributed by atoms with van der Waals surface area (Å²) >= 11 is 0. The lowest BCUT2D eigenvalue weighted by Gasteiger charge is -2.17. The lowest BCUT2D eigenvalue weighted by molar-refractivity contribution is 0.112. The van der Waals surface area contributed by atoms with Crippen molar-refractivity contribution in [2.45, 2.75) is 26.2 Å². The average Bonchev–Trinajstić information content (AvgIpc) is 2.66. The molecule has 3 nitrogen and oxygen atoms in total. The lowest BCUT2D eigenvalue weighted by atomic mass is 9.87. The minimum atomic E-state index is -0.240. The van der Waals surface area contributed by atoms with Crippen LogP contribution in [0.25, 0.3) is 0 Å². The first-order valence-electron chi connectivity index (χ1n) is 4.91. The molecule has 80 valence electrons. The van der Waals surface area contributed by atoms with Crippen molar-refractivity contribution in [3.05, 3.63) is 41.8 Å². The van der Waals surface area contributed by atoms with Crippen LogP contribution in [0.15, 0.2) is 30.5 Å². The molecule has 0 radical (unpaired) electrons. The van der Waals surface area contributed by atoms with Crippen LogP contribution in [-0.4, -0.2) is 16.5 Å². The van der Waals surface area contributed by atoms with Gasteiger partial charge < -0.3 is 0 Å². The van der Waals surface area contributed by atoms with Crippen LogP contribution in [0.4, 0.5) is 0 Å². The summed E-state index contributed by atoms with van der Waals surface area (Å²) in [6, 6.07) is 0. The normalized spacial score (nSPS) is 12.7. The van der Waals surface area contributed by atoms with Crippen molar-refractivity contribution in [3.63, 3.8) is 0 Å². The smallest absolute Gasteiger partial charge is 0.153 e. The summed E-state index contributed by atoms with van der Waals surface area (Å²) in [5.41, 5.74) is 1.15. The molecule has 1 aromatic rings. The van der Waals surface area contributed by atoms with Crippen LogP contribution in [0.3, 0.4) is 0 Å². The van der Waals surface area contributed by atoms with Crippen molar-refractivity contribution in [3.8, 4) is 0 Å². The number of allylic oxidation sites excluding steroid dienone is 4. The molecule has 0 aromatic carbocycles. The molecule has 0 aliphatic rings. The van der Waals surface area contributed by atoms with E-state index in [9.17, 15) is 4.79 Å². The number of nitrogens with zero attached hydrogens (tertiary/aromatic N) is 1. The summed E-state index contributed by atoms with van der Waals surface area (Å²) in [6.45, 7) is 6.01. The molecule has 15 heavy (non-hydrogen) atoms. The third-order valence-corrected chi connectivity index (χ3v) is 2.22. The number of nitrogens with one attached hydrogen (secondary N) is 1. The van der Waals surface area contributed by atoms with E-state index in [0.717, 1.165) is 12.0 Å². The van der Waals surface area contributed by atoms with E-state index in [4.69, 9.17) is 0 Å². The number of carbonyl (C=O) groups is 1. The first-order chi connectivity index (χ1) is 7.11. The molecule has 0 spiro atoms. The topological polar surface area (TPSA) is 45.8 Å². The van der Waals surface area contributed by atoms with Crippen LogP contribution in [0, 0.1) is 0 Å². The standard InChI is InChI=1S/C12H16N2O/c1-4-5-6-7-12(2,3)11-10(9-15)8-13-14-11/h4-9H,1-3H3,(H,13,14)/b5-4-,7-6-. The SMILES string of the molecule is C/C=C\C=C/C(C)(C)c1n[nH]cc1C=O. The Morgan fingerprint density at radius 2 is 2.13 bits per heavy atom. The zero-order valence-electron chi connectivity index (χ0n) is 9.32. The molecule has 0 fully saturated rings. The van der Waals surface area contributed by atoms with Gasteiger partial charge in [0.25, 0.3) is 0 Å². The predicted octanol–water partition coefficient (Wildman–Crippen LogP) is 2.63. The van der Waals surface area contributed by atoms with Gasteiger partial charge in [-0.05, 0) is 6.92 Å². The molecule has 1 N–H and O–H groups in total. The van der Waals surface area contributed by atoms with Crippen LogP contribution >= 0.6 is 0 Å². The Balaban J connectivity index is 2.99. The monoisotopic (exact) mass is 204 g/mol. The van der Waals surface area contributed by atoms with Crippen molar-refractivity contribution >= 4 is 6.29 Å². The summed E-state index contributed by atoms with van der Waals surface area (Å²) in [6.07, 6.45) is 10.3. The van der Waals surface area contributed by atoms with E-state index >= 15 is 0 Å². The van der Waals surface area contributed by atoms with Gasteiger partial charge in [0.15, 0.2) is 6.29 Å². The van der Waals surface area contributed by atoms with Crippen molar-refractivity contribution in [2.24, 2.45) is 0 Å². The van der Waals surface area contributed by atoms with Crippen molar-refractivity contribution < 1.29 is 4.79 Å². The summed E-state index contributed by atoms with van der Waals surface area (Å²) in [4.78, 5) is 10.8. The van der Waals surface area contributed by atoms with Gasteiger partial charge >= 0.3 is 0 Å². The molecular weight excluding hydrogens is 188 g/mol. The molecule has 1 heterocycles. The van der Waals surface area contributed by atoms with E-state index in [0.29, 0.717) is 5.56 Å². The number of H-pyrrole nitrogens is 1. The molecule has 0 atom stereocenters. The Bertz CT molecular complexity index is 386. The first kappa shape index (κ1) is 11.4. The molecular formula is C12H16N2O. The van der Waals surface area contributed by atoms with Crippen LogP contribution in [0.1, 0.15) is 36.8 Å². The summed E-state index contributed by atoms with van der Waals surface area (Å²) < 4.78 is 0. The second-order valence-corrected chi connectivity index (χ2v) is 3.91. The Kier molecular flexibility index (Phi) is 3.61. The van der Waals surface area contributed by atoms with E-state index in [1.807, 2.05) is 45.1 Å². The molecule has 0 amide bonds. The van der Waals surface area contributed by atoms with Gasteiger partial charge in [0.05, 0.1) is 11.3 Å². The number of carbonyl (C=O) groups excluding carboxylic acids is 1. The van der Waals surface area contributed by atoms with Crippen LogP contribution in [0.5, 0.6) is 0 Å². The molecule has 0 bridgehead atoms. The predicted molar refractivity (Wildman–Crippen MR) is 61.0 cm³/mol. The second kappa shape index (κ2) is 4.73. The molecule has 1 rings (SSSR count). The molecule has 3 heteroatoms. The fourth-order valence-electron chi connectivity index (χ4n) is 1.39. The highest BCUT2D eigenvalue weighted by Gasteiger charge is 2.22. The maximum atomic E-state index is 10.8. The number of hydrogen-bond donors (Lipinski definition) is 1. The van der Waals surface area contributed by atoms with Gasteiger partial charge in [-0.2, -0.15) is 5.10 Å². The number of rotatable bonds is 4. The Morgan fingerprint density at radius 3 is 2.73 bits per heavy atom. The summed E-state index contributed by atoms with van der Waals surface area (Å²) in [5.74, 6) is 0. The van der Waals surface area contributed by atoms with Crippen molar-refractivity contribution in [1.82, 2.24) is 10.2 Å². The fourth-order valence-corrected chi connectivity index (χ4v) is 1.39. The molecule has 0 saturated heterocycles. The quantitative estimate of drug-likeness (QED) is 0.605. The zero-order valence-corrected chi connectivity index (χ0v) is 9.32. The van der Waals surface area contributed by atoms with E-state index in [1.165, 1.54) is 0 Å². The average molecular weight is 204 g/mol. The first-order valence-corrected chi connectivity index (χ1v) is 4.91. The maximum Gasteiger partial charge on any atom is 0.153 e. The van der Waals surface area contributed by atoms with E-state index in [2.05, 4.69) is 10.2 Å². The third-order valence-electron chi connectivity index (χ3n) is 2.22. The lowest BCUT2D eigenvalue weighted by Crippen LogP contribution is -2.16. The largest absolute Gasteiger partial charge is 0.298 e. The van der Waals surface area contributed by atoms with Crippen LogP contribution < -0.4 is 0 Å². The van der Waals surface area contributed by atoms with Gasteiger partial charge in [-0.1, -0.05) is 38.2 Å². The maximum absolute atomic E-state index is 10.8. The molecule has 0 aliphatic heterocycles. The summed E-state index contributed by atoms with van der Waals surface area (Å²) in [5, 5.41) is 6.82. The molecule has 0 saturated carbocycles. The zero-order chi connectivity index (χ0) is 11.3. The number of aldehydes is 1. The highest BCUT2D eigenvalue weighted by Crippen LogP contribution is 2.24. The van der Waals surface area contributed by atoms with Crippen LogP contribution in [-0.2, 0) is 5.41 Å². The van der Waals surface area contributed by atoms with Crippen LogP contribution in [0.2, 0.25) is 0 Å². The van der Waals surface area contributed by atoms with E-state index in [1.54, 1.807) is 6.20 Å². The fraction of sp³-hybridized carbons (Fsp3) is 0.333. The van der Waals surface area contributed by atoms with E-state index < -0.39 is 0 Å². The summed E-state index contributed by atoms with van der Waals surface area (Å²) in [7, 11) is 0.